The lowest BCUT2D eigenvalue weighted by Gasteiger charge is -2.21. The van der Waals surface area contributed by atoms with Gasteiger partial charge in [0, 0.05) is 30.4 Å². The Morgan fingerprint density at radius 3 is 2.50 bits per heavy atom. The van der Waals surface area contributed by atoms with Crippen LogP contribution < -0.4 is 10.0 Å². The summed E-state index contributed by atoms with van der Waals surface area (Å²) in [4.78, 5) is 4.48. The third-order valence-corrected chi connectivity index (χ3v) is 9.05. The molecule has 36 heavy (non-hydrogen) atoms. The summed E-state index contributed by atoms with van der Waals surface area (Å²) in [6, 6.07) is 2.63. The van der Waals surface area contributed by atoms with E-state index < -0.39 is 21.7 Å². The number of alkyl halides is 3. The summed E-state index contributed by atoms with van der Waals surface area (Å²) in [5.74, 6) is 0. The second-order valence-electron chi connectivity index (χ2n) is 10.2. The molecule has 2 aliphatic carbocycles. The molecule has 2 N–H and O–H groups in total. The molecule has 2 saturated carbocycles. The highest BCUT2D eigenvalue weighted by molar-refractivity contribution is 7.93. The first-order valence-corrected chi connectivity index (χ1v) is 13.8. The molecule has 3 heterocycles. The molecule has 0 spiro atoms. The number of rotatable bonds is 8. The van der Waals surface area contributed by atoms with Crippen molar-refractivity contribution in [2.24, 2.45) is 0 Å². The zero-order chi connectivity index (χ0) is 25.9. The molecule has 1 unspecified atom stereocenters. The minimum absolute atomic E-state index is 0.165. The van der Waals surface area contributed by atoms with Crippen LogP contribution in [0.3, 0.4) is 0 Å². The number of nitrogens with zero attached hydrogens (tertiary/aromatic N) is 2. The molecule has 10 heteroatoms. The van der Waals surface area contributed by atoms with E-state index in [1.807, 2.05) is 24.8 Å². The summed E-state index contributed by atoms with van der Waals surface area (Å²) in [5, 5.41) is 3.38. The fraction of sp³-hybridized carbons (Fsp3) is 0.500. The molecule has 0 amide bonds. The zero-order valence-electron chi connectivity index (χ0n) is 20.5. The first-order chi connectivity index (χ1) is 17.0. The van der Waals surface area contributed by atoms with Crippen LogP contribution in [0.15, 0.2) is 42.0 Å². The average Bonchev–Trinajstić information content (AvgIpc) is 3.70. The van der Waals surface area contributed by atoms with Crippen molar-refractivity contribution in [2.45, 2.75) is 76.2 Å². The van der Waals surface area contributed by atoms with Gasteiger partial charge in [-0.05, 0) is 68.9 Å². The van der Waals surface area contributed by atoms with Crippen molar-refractivity contribution in [1.82, 2.24) is 19.6 Å². The number of hydrogen-bond acceptors (Lipinski definition) is 4. The van der Waals surface area contributed by atoms with Crippen molar-refractivity contribution in [3.05, 3.63) is 58.8 Å². The summed E-state index contributed by atoms with van der Waals surface area (Å²) in [5.41, 5.74) is 3.61. The van der Waals surface area contributed by atoms with Gasteiger partial charge in [-0.15, -0.1) is 0 Å². The van der Waals surface area contributed by atoms with Crippen LogP contribution in [0.2, 0.25) is 0 Å². The van der Waals surface area contributed by atoms with Gasteiger partial charge in [-0.25, -0.2) is 8.42 Å². The van der Waals surface area contributed by atoms with Crippen LogP contribution in [-0.4, -0.2) is 36.2 Å². The van der Waals surface area contributed by atoms with Gasteiger partial charge in [0.25, 0.3) is 0 Å². The Balaban J connectivity index is 1.59. The van der Waals surface area contributed by atoms with Crippen molar-refractivity contribution in [1.29, 1.82) is 0 Å². The molecule has 0 aromatic carbocycles. The van der Waals surface area contributed by atoms with Crippen LogP contribution in [0.5, 0.6) is 0 Å². The minimum Gasteiger partial charge on any atom is -0.336 e. The maximum Gasteiger partial charge on any atom is 0.407 e. The van der Waals surface area contributed by atoms with Crippen LogP contribution >= 0.6 is 0 Å². The Labute approximate surface area is 209 Å². The molecular weight excluding hydrogens is 489 g/mol. The lowest BCUT2D eigenvalue weighted by molar-refractivity contribution is -0.160. The fourth-order valence-corrected chi connectivity index (χ4v) is 6.70. The molecule has 6 nitrogen and oxygen atoms in total. The molecule has 1 atom stereocenters. The molecule has 3 aliphatic rings. The largest absolute Gasteiger partial charge is 0.407 e. The van der Waals surface area contributed by atoms with Gasteiger partial charge in [-0.3, -0.25) is 4.98 Å². The molecule has 1 aliphatic heterocycles. The third-order valence-electron chi connectivity index (χ3n) is 7.47. The number of aryl methyl sites for hydroxylation is 1. The molecule has 5 rings (SSSR count). The normalized spacial score (nSPS) is 22.9. The second kappa shape index (κ2) is 8.85. The van der Waals surface area contributed by atoms with Crippen molar-refractivity contribution in [2.75, 3.05) is 6.54 Å². The molecule has 2 aromatic heterocycles. The number of halogens is 3. The predicted octanol–water partition coefficient (Wildman–Crippen LogP) is 5.59. The van der Waals surface area contributed by atoms with Gasteiger partial charge in [0.05, 0.1) is 21.6 Å². The lowest BCUT2D eigenvalue weighted by atomic mass is 10.0. The number of pyridine rings is 1. The van der Waals surface area contributed by atoms with Crippen LogP contribution in [-0.2, 0) is 10.0 Å². The monoisotopic (exact) mass is 520 g/mol. The van der Waals surface area contributed by atoms with Gasteiger partial charge >= 0.3 is 6.18 Å². The number of aromatic nitrogens is 2. The molecule has 194 valence electrons. The Hall–Kier alpha value is -2.43. The van der Waals surface area contributed by atoms with Crippen LogP contribution in [0.4, 0.5) is 13.2 Å². The number of fused-ring (bicyclic) bond motifs is 1. The van der Waals surface area contributed by atoms with Crippen molar-refractivity contribution >= 4 is 26.6 Å². The Morgan fingerprint density at radius 1 is 1.28 bits per heavy atom. The molecule has 3 fully saturated rings. The van der Waals surface area contributed by atoms with Crippen LogP contribution in [0.1, 0.15) is 74.4 Å². The molecule has 0 bridgehead atoms. The first-order valence-electron chi connectivity index (χ1n) is 12.3. The average molecular weight is 521 g/mol. The Bertz CT molecular complexity index is 1370. The van der Waals surface area contributed by atoms with Crippen LogP contribution in [0, 0.1) is 6.92 Å². The van der Waals surface area contributed by atoms with E-state index in [0.717, 1.165) is 71.7 Å². The smallest absolute Gasteiger partial charge is 0.336 e. The Kier molecular flexibility index (Phi) is 6.20. The predicted molar refractivity (Wildman–Crippen MR) is 135 cm³/mol. The quantitative estimate of drug-likeness (QED) is 0.351. The minimum atomic E-state index is -4.64. The molecule has 1 saturated heterocycles. The van der Waals surface area contributed by atoms with Gasteiger partial charge in [0.15, 0.2) is 0 Å². The van der Waals surface area contributed by atoms with Gasteiger partial charge in [0.1, 0.15) is 5.54 Å². The van der Waals surface area contributed by atoms with Crippen molar-refractivity contribution in [3.8, 4) is 0 Å². The summed E-state index contributed by atoms with van der Waals surface area (Å²) < 4.78 is 70.1. The summed E-state index contributed by atoms with van der Waals surface area (Å²) in [6.45, 7) is 8.31. The van der Waals surface area contributed by atoms with Gasteiger partial charge in [-0.1, -0.05) is 25.5 Å². The van der Waals surface area contributed by atoms with Gasteiger partial charge < -0.3 is 9.88 Å². The summed E-state index contributed by atoms with van der Waals surface area (Å²) >= 11 is 0. The van der Waals surface area contributed by atoms with Crippen LogP contribution in [0.25, 0.3) is 16.6 Å². The number of allylic oxidation sites excluding steroid dienone is 4. The highest BCUT2D eigenvalue weighted by atomic mass is 32.2. The Morgan fingerprint density at radius 2 is 1.94 bits per heavy atom. The van der Waals surface area contributed by atoms with E-state index in [9.17, 15) is 21.6 Å². The summed E-state index contributed by atoms with van der Waals surface area (Å²) in [6.07, 6.45) is 5.19. The van der Waals surface area contributed by atoms with E-state index in [0.29, 0.717) is 6.04 Å². The third kappa shape index (κ3) is 4.43. The summed E-state index contributed by atoms with van der Waals surface area (Å²) in [7, 11) is -4.40. The second-order valence-corrected chi connectivity index (χ2v) is 11.9. The number of nitrogens with one attached hydrogen (secondary N) is 2. The van der Waals surface area contributed by atoms with E-state index in [1.165, 1.54) is 6.08 Å². The van der Waals surface area contributed by atoms with Crippen molar-refractivity contribution in [3.63, 3.8) is 0 Å². The molecular formula is C26H31F3N4O2S. The highest BCUT2D eigenvalue weighted by Gasteiger charge is 2.65. The highest BCUT2D eigenvalue weighted by Crippen LogP contribution is 2.50. The molecule has 2 aromatic rings. The van der Waals surface area contributed by atoms with Crippen molar-refractivity contribution < 1.29 is 21.6 Å². The van der Waals surface area contributed by atoms with Gasteiger partial charge in [0.2, 0.25) is 10.0 Å². The topological polar surface area (TPSA) is 85.9 Å². The van der Waals surface area contributed by atoms with E-state index in [-0.39, 0.29) is 23.8 Å². The maximum absolute atomic E-state index is 13.4. The van der Waals surface area contributed by atoms with E-state index in [1.54, 1.807) is 6.08 Å². The van der Waals surface area contributed by atoms with E-state index in [4.69, 9.17) is 4.98 Å². The zero-order valence-corrected chi connectivity index (χ0v) is 21.3. The maximum atomic E-state index is 13.4. The fourth-order valence-electron chi connectivity index (χ4n) is 5.28. The van der Waals surface area contributed by atoms with E-state index >= 15 is 0 Å². The standard InChI is InChI=1S/C26H31F3N4O2S/c1-4-19(36(34,35)32-25(11-12-25)26(27,28)29)10-9-17(3)24-22(20-15-30-20)23-21(13-16(2)14-31-23)33(24)18-7-5-6-8-18/h4,9-10,13-14,18,20,30,32H,1,5-8,11-12,15H2,2-3H3/b17-9+,19-10+. The number of sulfonamides is 1. The molecule has 0 radical (unpaired) electrons. The van der Waals surface area contributed by atoms with E-state index in [2.05, 4.69) is 22.5 Å². The lowest BCUT2D eigenvalue weighted by Crippen LogP contribution is -2.47. The number of hydrogen-bond donors (Lipinski definition) is 2. The SMILES string of the molecule is C=C/C(=C\C=C(/C)c1c(C2CN2)c2ncc(C)cc2n1C1CCCC1)S(=O)(=O)NC1(C(F)(F)F)CC1. The first kappa shape index (κ1) is 25.2. The van der Waals surface area contributed by atoms with Gasteiger partial charge in [-0.2, -0.15) is 17.9 Å².